The SMILES string of the molecule is NCC#Cc1ccccc1C(=O)Nc1cc(F)cc(Cl)c1. The van der Waals surface area contributed by atoms with Gasteiger partial charge in [-0.15, -0.1) is 0 Å². The monoisotopic (exact) mass is 302 g/mol. The van der Waals surface area contributed by atoms with Crippen molar-refractivity contribution in [3.05, 3.63) is 64.4 Å². The van der Waals surface area contributed by atoms with Crippen LogP contribution in [0.1, 0.15) is 15.9 Å². The minimum Gasteiger partial charge on any atom is -0.322 e. The molecule has 106 valence electrons. The molecule has 21 heavy (non-hydrogen) atoms. The summed E-state index contributed by atoms with van der Waals surface area (Å²) < 4.78 is 13.3. The molecule has 0 bridgehead atoms. The Kier molecular flexibility index (Phi) is 4.94. The van der Waals surface area contributed by atoms with Gasteiger partial charge in [-0.05, 0) is 30.3 Å². The minimum atomic E-state index is -0.519. The van der Waals surface area contributed by atoms with Gasteiger partial charge in [0.1, 0.15) is 5.82 Å². The van der Waals surface area contributed by atoms with Crippen molar-refractivity contribution in [1.82, 2.24) is 0 Å². The minimum absolute atomic E-state index is 0.204. The maximum Gasteiger partial charge on any atom is 0.256 e. The first kappa shape index (κ1) is 15.0. The number of benzene rings is 2. The van der Waals surface area contributed by atoms with Crippen LogP contribution in [-0.4, -0.2) is 12.5 Å². The molecule has 2 rings (SSSR count). The molecular weight excluding hydrogens is 291 g/mol. The third kappa shape index (κ3) is 4.06. The summed E-state index contributed by atoms with van der Waals surface area (Å²) in [6, 6.07) is 10.7. The largest absolute Gasteiger partial charge is 0.322 e. The van der Waals surface area contributed by atoms with Crippen LogP contribution in [0.5, 0.6) is 0 Å². The molecule has 3 N–H and O–H groups in total. The van der Waals surface area contributed by atoms with Crippen LogP contribution in [0.2, 0.25) is 5.02 Å². The summed E-state index contributed by atoms with van der Waals surface area (Å²) in [5, 5.41) is 2.80. The van der Waals surface area contributed by atoms with E-state index < -0.39 is 11.7 Å². The molecule has 0 spiro atoms. The van der Waals surface area contributed by atoms with Crippen LogP contribution >= 0.6 is 11.6 Å². The predicted octanol–water partition coefficient (Wildman–Crippen LogP) is 3.04. The fraction of sp³-hybridized carbons (Fsp3) is 0.0625. The summed E-state index contributed by atoms with van der Waals surface area (Å²) in [6.07, 6.45) is 0. The predicted molar refractivity (Wildman–Crippen MR) is 81.7 cm³/mol. The van der Waals surface area contributed by atoms with Crippen molar-refractivity contribution in [2.45, 2.75) is 0 Å². The first-order chi connectivity index (χ1) is 10.1. The normalized spacial score (nSPS) is 9.67. The van der Waals surface area contributed by atoms with Gasteiger partial charge in [-0.3, -0.25) is 4.79 Å². The summed E-state index contributed by atoms with van der Waals surface area (Å²) in [4.78, 5) is 12.2. The van der Waals surface area contributed by atoms with E-state index in [9.17, 15) is 9.18 Å². The Morgan fingerprint density at radius 2 is 2.05 bits per heavy atom. The average Bonchev–Trinajstić information content (AvgIpc) is 2.44. The van der Waals surface area contributed by atoms with E-state index in [1.807, 2.05) is 0 Å². The van der Waals surface area contributed by atoms with Crippen LogP contribution in [0.25, 0.3) is 0 Å². The van der Waals surface area contributed by atoms with Crippen molar-refractivity contribution in [1.29, 1.82) is 0 Å². The molecule has 2 aromatic carbocycles. The van der Waals surface area contributed by atoms with Gasteiger partial charge in [-0.1, -0.05) is 35.6 Å². The number of halogens is 2. The van der Waals surface area contributed by atoms with E-state index in [-0.39, 0.29) is 17.3 Å². The van der Waals surface area contributed by atoms with Gasteiger partial charge >= 0.3 is 0 Å². The van der Waals surface area contributed by atoms with Gasteiger partial charge in [0.05, 0.1) is 12.1 Å². The number of hydrogen-bond acceptors (Lipinski definition) is 2. The third-order valence-corrected chi connectivity index (χ3v) is 2.84. The second kappa shape index (κ2) is 6.89. The molecule has 3 nitrogen and oxygen atoms in total. The highest BCUT2D eigenvalue weighted by molar-refractivity contribution is 6.31. The number of amides is 1. The number of nitrogens with two attached hydrogens (primary N) is 1. The lowest BCUT2D eigenvalue weighted by Crippen LogP contribution is -2.13. The molecule has 0 aliphatic carbocycles. The van der Waals surface area contributed by atoms with Gasteiger partial charge in [0.25, 0.3) is 5.91 Å². The first-order valence-electron chi connectivity index (χ1n) is 6.15. The molecule has 5 heteroatoms. The lowest BCUT2D eigenvalue weighted by Gasteiger charge is -2.07. The molecule has 0 aromatic heterocycles. The van der Waals surface area contributed by atoms with Gasteiger partial charge in [0, 0.05) is 16.3 Å². The fourth-order valence-corrected chi connectivity index (χ4v) is 1.98. The highest BCUT2D eigenvalue weighted by Crippen LogP contribution is 2.19. The van der Waals surface area contributed by atoms with Crippen LogP contribution in [0, 0.1) is 17.7 Å². The molecule has 2 aromatic rings. The van der Waals surface area contributed by atoms with Crippen molar-refractivity contribution in [2.75, 3.05) is 11.9 Å². The van der Waals surface area contributed by atoms with E-state index in [0.717, 1.165) is 6.07 Å². The molecular formula is C16H12ClFN2O. The van der Waals surface area contributed by atoms with E-state index in [1.165, 1.54) is 12.1 Å². The Bertz CT molecular complexity index is 714. The smallest absolute Gasteiger partial charge is 0.256 e. The summed E-state index contributed by atoms with van der Waals surface area (Å²) in [6.45, 7) is 0.204. The third-order valence-electron chi connectivity index (χ3n) is 2.62. The lowest BCUT2D eigenvalue weighted by molar-refractivity contribution is 0.102. The molecule has 1 amide bonds. The molecule has 0 saturated heterocycles. The zero-order chi connectivity index (χ0) is 15.2. The molecule has 0 atom stereocenters. The van der Waals surface area contributed by atoms with Gasteiger partial charge in [-0.2, -0.15) is 0 Å². The van der Waals surface area contributed by atoms with Crippen LogP contribution in [0.3, 0.4) is 0 Å². The summed E-state index contributed by atoms with van der Waals surface area (Å²) in [7, 11) is 0. The highest BCUT2D eigenvalue weighted by Gasteiger charge is 2.10. The first-order valence-corrected chi connectivity index (χ1v) is 6.53. The zero-order valence-electron chi connectivity index (χ0n) is 11.0. The van der Waals surface area contributed by atoms with Crippen molar-refractivity contribution in [2.24, 2.45) is 5.73 Å². The molecule has 0 unspecified atom stereocenters. The number of nitrogens with one attached hydrogen (secondary N) is 1. The van der Waals surface area contributed by atoms with Gasteiger partial charge in [-0.25, -0.2) is 4.39 Å². The summed E-state index contributed by atoms with van der Waals surface area (Å²) in [5.74, 6) is 4.62. The van der Waals surface area contributed by atoms with Gasteiger partial charge in [0.2, 0.25) is 0 Å². The van der Waals surface area contributed by atoms with Crippen LogP contribution < -0.4 is 11.1 Å². The number of rotatable bonds is 2. The van der Waals surface area contributed by atoms with Crippen molar-refractivity contribution in [3.63, 3.8) is 0 Å². The number of carbonyl (C=O) groups excluding carboxylic acids is 1. The van der Waals surface area contributed by atoms with Crippen molar-refractivity contribution in [3.8, 4) is 11.8 Å². The lowest BCUT2D eigenvalue weighted by atomic mass is 10.1. The Hall–Kier alpha value is -2.35. The Labute approximate surface area is 126 Å². The zero-order valence-corrected chi connectivity index (χ0v) is 11.7. The average molecular weight is 303 g/mol. The summed E-state index contributed by atoms with van der Waals surface area (Å²) in [5.41, 5.74) is 6.56. The van der Waals surface area contributed by atoms with Crippen LogP contribution in [-0.2, 0) is 0 Å². The van der Waals surface area contributed by atoms with E-state index in [4.69, 9.17) is 17.3 Å². The standard InChI is InChI=1S/C16H12ClFN2O/c17-12-8-13(18)10-14(9-12)20-16(21)15-6-2-1-4-11(15)5-3-7-19/h1-2,4,6,8-10H,7,19H2,(H,20,21). The van der Waals surface area contributed by atoms with Crippen molar-refractivity contribution >= 4 is 23.2 Å². The molecule has 0 aliphatic heterocycles. The van der Waals surface area contributed by atoms with Gasteiger partial charge < -0.3 is 11.1 Å². The van der Waals surface area contributed by atoms with Gasteiger partial charge in [0.15, 0.2) is 0 Å². The highest BCUT2D eigenvalue weighted by atomic mass is 35.5. The topological polar surface area (TPSA) is 55.1 Å². The quantitative estimate of drug-likeness (QED) is 0.838. The number of hydrogen-bond donors (Lipinski definition) is 2. The second-order valence-corrected chi connectivity index (χ2v) is 4.60. The van der Waals surface area contributed by atoms with Crippen LogP contribution in [0.15, 0.2) is 42.5 Å². The number of anilines is 1. The fourth-order valence-electron chi connectivity index (χ4n) is 1.76. The van der Waals surface area contributed by atoms with Crippen LogP contribution in [0.4, 0.5) is 10.1 Å². The maximum absolute atomic E-state index is 13.3. The van der Waals surface area contributed by atoms with E-state index in [1.54, 1.807) is 24.3 Å². The Balaban J connectivity index is 2.28. The molecule has 0 heterocycles. The molecule has 0 saturated carbocycles. The van der Waals surface area contributed by atoms with Crippen molar-refractivity contribution < 1.29 is 9.18 Å². The molecule has 0 fully saturated rings. The summed E-state index contributed by atoms with van der Waals surface area (Å²) >= 11 is 5.75. The molecule has 0 aliphatic rings. The Morgan fingerprint density at radius 3 is 2.76 bits per heavy atom. The Morgan fingerprint density at radius 1 is 1.29 bits per heavy atom. The van der Waals surface area contributed by atoms with E-state index in [0.29, 0.717) is 11.1 Å². The van der Waals surface area contributed by atoms with E-state index in [2.05, 4.69) is 17.2 Å². The van der Waals surface area contributed by atoms with E-state index >= 15 is 0 Å². The molecule has 0 radical (unpaired) electrons. The second-order valence-electron chi connectivity index (χ2n) is 4.16. The maximum atomic E-state index is 13.3. The number of carbonyl (C=O) groups is 1.